The maximum Gasteiger partial charge on any atom is 0.229 e. The third kappa shape index (κ3) is 3.47. The molecule has 0 saturated carbocycles. The Balaban J connectivity index is 2.80. The molecule has 0 fully saturated rings. The molecule has 15 heavy (non-hydrogen) atoms. The molecule has 0 aliphatic carbocycles. The Labute approximate surface area is 102 Å². The maximum atomic E-state index is 11.5. The van der Waals surface area contributed by atoms with Gasteiger partial charge >= 0.3 is 0 Å². The van der Waals surface area contributed by atoms with E-state index in [0.29, 0.717) is 5.56 Å². The van der Waals surface area contributed by atoms with Crippen molar-refractivity contribution in [1.82, 2.24) is 0 Å². The number of ketones is 2. The summed E-state index contributed by atoms with van der Waals surface area (Å²) in [6, 6.07) is 7.12. The lowest BCUT2D eigenvalue weighted by Gasteiger charge is -2.00. The number of benzene rings is 1. The van der Waals surface area contributed by atoms with Crippen molar-refractivity contribution in [2.45, 2.75) is 11.8 Å². The lowest BCUT2D eigenvalue weighted by molar-refractivity contribution is -0.112. The highest BCUT2D eigenvalue weighted by Gasteiger charge is 2.13. The zero-order chi connectivity index (χ0) is 11.3. The summed E-state index contributed by atoms with van der Waals surface area (Å²) >= 11 is 4.68. The molecule has 0 aliphatic heterocycles. The molecule has 0 N–H and O–H groups in total. The van der Waals surface area contributed by atoms with Crippen molar-refractivity contribution in [1.29, 1.82) is 0 Å². The van der Waals surface area contributed by atoms with Crippen molar-refractivity contribution < 1.29 is 9.59 Å². The summed E-state index contributed by atoms with van der Waals surface area (Å²) in [6.45, 7) is 2.07. The van der Waals surface area contributed by atoms with Gasteiger partial charge in [-0.2, -0.15) is 0 Å². The number of rotatable bonds is 5. The summed E-state index contributed by atoms with van der Waals surface area (Å²) in [5, 5.41) is 0.0806. The van der Waals surface area contributed by atoms with Crippen LogP contribution in [0.15, 0.2) is 29.2 Å². The van der Waals surface area contributed by atoms with Crippen molar-refractivity contribution in [2.75, 3.05) is 11.1 Å². The van der Waals surface area contributed by atoms with Gasteiger partial charge in [-0.1, -0.05) is 22.9 Å². The van der Waals surface area contributed by atoms with Gasteiger partial charge in [0.2, 0.25) is 11.6 Å². The number of Topliss-reactive ketones (excluding diaryl/α,β-unsaturated/α-hetero) is 2. The SMILES string of the molecule is CCSc1ccc(C(=O)C(=O)CBr)cc1. The van der Waals surface area contributed by atoms with Crippen LogP contribution in [0.4, 0.5) is 0 Å². The first kappa shape index (κ1) is 12.5. The third-order valence-corrected chi connectivity index (χ3v) is 3.21. The molecule has 0 heterocycles. The second-order valence-electron chi connectivity index (χ2n) is 2.84. The van der Waals surface area contributed by atoms with Crippen LogP contribution in [0.1, 0.15) is 17.3 Å². The fraction of sp³-hybridized carbons (Fsp3) is 0.273. The molecule has 1 rings (SSSR count). The smallest absolute Gasteiger partial charge is 0.229 e. The standard InChI is InChI=1S/C11H11BrO2S/c1-2-15-9-5-3-8(4-6-9)11(14)10(13)7-12/h3-6H,2,7H2,1H3. The van der Waals surface area contributed by atoms with Crippen molar-refractivity contribution >= 4 is 39.3 Å². The van der Waals surface area contributed by atoms with Gasteiger partial charge in [-0.3, -0.25) is 9.59 Å². The first-order chi connectivity index (χ1) is 7.19. The van der Waals surface area contributed by atoms with Gasteiger partial charge in [0.25, 0.3) is 0 Å². The minimum atomic E-state index is -0.431. The summed E-state index contributed by atoms with van der Waals surface area (Å²) in [7, 11) is 0. The highest BCUT2D eigenvalue weighted by atomic mass is 79.9. The first-order valence-electron chi connectivity index (χ1n) is 4.55. The van der Waals surface area contributed by atoms with E-state index in [1.54, 1.807) is 23.9 Å². The molecule has 0 radical (unpaired) electrons. The number of thioether (sulfide) groups is 1. The highest BCUT2D eigenvalue weighted by molar-refractivity contribution is 9.09. The van der Waals surface area contributed by atoms with E-state index in [9.17, 15) is 9.59 Å². The van der Waals surface area contributed by atoms with Crippen molar-refractivity contribution in [3.05, 3.63) is 29.8 Å². The molecule has 0 saturated heterocycles. The zero-order valence-electron chi connectivity index (χ0n) is 8.33. The molecule has 4 heteroatoms. The fourth-order valence-corrected chi connectivity index (χ4v) is 2.01. The monoisotopic (exact) mass is 286 g/mol. The maximum absolute atomic E-state index is 11.5. The van der Waals surface area contributed by atoms with Gasteiger partial charge in [-0.15, -0.1) is 11.8 Å². The average Bonchev–Trinajstić information content (AvgIpc) is 2.28. The van der Waals surface area contributed by atoms with Crippen LogP contribution >= 0.6 is 27.7 Å². The number of hydrogen-bond donors (Lipinski definition) is 0. The van der Waals surface area contributed by atoms with Crippen molar-refractivity contribution in [3.63, 3.8) is 0 Å². The predicted molar refractivity (Wildman–Crippen MR) is 66.0 cm³/mol. The number of carbonyl (C=O) groups is 2. The molecule has 0 bridgehead atoms. The van der Waals surface area contributed by atoms with Crippen LogP contribution in [-0.2, 0) is 4.79 Å². The van der Waals surface area contributed by atoms with E-state index in [1.807, 2.05) is 12.1 Å². The van der Waals surface area contributed by atoms with E-state index in [2.05, 4.69) is 22.9 Å². The molecule has 0 spiro atoms. The van der Waals surface area contributed by atoms with E-state index < -0.39 is 11.6 Å². The van der Waals surface area contributed by atoms with Gasteiger partial charge in [-0.05, 0) is 30.0 Å². The molecule has 1 aromatic carbocycles. The van der Waals surface area contributed by atoms with Gasteiger partial charge in [0.1, 0.15) is 0 Å². The molecule has 0 aliphatic rings. The summed E-state index contributed by atoms with van der Waals surface area (Å²) in [5.41, 5.74) is 0.458. The van der Waals surface area contributed by atoms with Crippen molar-refractivity contribution in [2.24, 2.45) is 0 Å². The number of alkyl halides is 1. The molecule has 80 valence electrons. The minimum Gasteiger partial charge on any atom is -0.290 e. The molecule has 0 amide bonds. The largest absolute Gasteiger partial charge is 0.290 e. The van der Waals surface area contributed by atoms with Crippen LogP contribution in [0, 0.1) is 0 Å². The molecule has 1 aromatic rings. The number of hydrogen-bond acceptors (Lipinski definition) is 3. The van der Waals surface area contributed by atoms with Crippen LogP contribution in [0.3, 0.4) is 0 Å². The van der Waals surface area contributed by atoms with Gasteiger partial charge in [0, 0.05) is 10.5 Å². The highest BCUT2D eigenvalue weighted by Crippen LogP contribution is 2.18. The summed E-state index contributed by atoms with van der Waals surface area (Å²) in [4.78, 5) is 23.7. The minimum absolute atomic E-state index is 0.0806. The molecule has 2 nitrogen and oxygen atoms in total. The molecular weight excluding hydrogens is 276 g/mol. The molecular formula is C11H11BrO2S. The Hall–Kier alpha value is -0.610. The van der Waals surface area contributed by atoms with Gasteiger partial charge in [0.15, 0.2) is 0 Å². The van der Waals surface area contributed by atoms with Crippen LogP contribution in [0.25, 0.3) is 0 Å². The predicted octanol–water partition coefficient (Wildman–Crippen LogP) is 2.95. The normalized spacial score (nSPS) is 10.0. The second kappa shape index (κ2) is 6.08. The summed E-state index contributed by atoms with van der Waals surface area (Å²) < 4.78 is 0. The lowest BCUT2D eigenvalue weighted by atomic mass is 10.1. The van der Waals surface area contributed by atoms with Crippen LogP contribution in [-0.4, -0.2) is 22.6 Å². The second-order valence-corrected chi connectivity index (χ2v) is 4.74. The summed E-state index contributed by atoms with van der Waals surface area (Å²) in [5.74, 6) is 0.152. The Bertz CT molecular complexity index is 359. The van der Waals surface area contributed by atoms with E-state index in [-0.39, 0.29) is 5.33 Å². The topological polar surface area (TPSA) is 34.1 Å². The Morgan fingerprint density at radius 1 is 1.27 bits per heavy atom. The Morgan fingerprint density at radius 2 is 1.87 bits per heavy atom. The van der Waals surface area contributed by atoms with Crippen LogP contribution < -0.4 is 0 Å². The van der Waals surface area contributed by atoms with Gasteiger partial charge in [-0.25, -0.2) is 0 Å². The van der Waals surface area contributed by atoms with E-state index in [1.165, 1.54) is 0 Å². The van der Waals surface area contributed by atoms with Crippen molar-refractivity contribution in [3.8, 4) is 0 Å². The van der Waals surface area contributed by atoms with Gasteiger partial charge < -0.3 is 0 Å². The Morgan fingerprint density at radius 3 is 2.33 bits per heavy atom. The third-order valence-electron chi connectivity index (χ3n) is 1.80. The van der Waals surface area contributed by atoms with Gasteiger partial charge in [0.05, 0.1) is 5.33 Å². The van der Waals surface area contributed by atoms with E-state index in [0.717, 1.165) is 10.6 Å². The van der Waals surface area contributed by atoms with Crippen LogP contribution in [0.5, 0.6) is 0 Å². The Kier molecular flexibility index (Phi) is 5.05. The zero-order valence-corrected chi connectivity index (χ0v) is 10.7. The molecule has 0 unspecified atom stereocenters. The van der Waals surface area contributed by atoms with E-state index >= 15 is 0 Å². The number of carbonyl (C=O) groups excluding carboxylic acids is 2. The van der Waals surface area contributed by atoms with Crippen LogP contribution in [0.2, 0.25) is 0 Å². The average molecular weight is 287 g/mol. The van der Waals surface area contributed by atoms with E-state index in [4.69, 9.17) is 0 Å². The first-order valence-corrected chi connectivity index (χ1v) is 6.66. The molecule has 0 atom stereocenters. The quantitative estimate of drug-likeness (QED) is 0.361. The fourth-order valence-electron chi connectivity index (χ4n) is 1.09. The number of halogens is 1. The lowest BCUT2D eigenvalue weighted by Crippen LogP contribution is -2.14. The summed E-state index contributed by atoms with van der Waals surface area (Å²) in [6.07, 6.45) is 0. The molecule has 0 aromatic heterocycles.